The predicted molar refractivity (Wildman–Crippen MR) is 99.3 cm³/mol. The average molecular weight is 354 g/mol. The van der Waals surface area contributed by atoms with Gasteiger partial charge in [0.05, 0.1) is 6.10 Å². The number of carbonyl (C=O) groups excluding carboxylic acids is 1. The summed E-state index contributed by atoms with van der Waals surface area (Å²) < 4.78 is 0. The van der Waals surface area contributed by atoms with E-state index in [2.05, 4.69) is 26.4 Å². The van der Waals surface area contributed by atoms with Gasteiger partial charge in [0.1, 0.15) is 6.04 Å². The number of amides is 1. The van der Waals surface area contributed by atoms with Crippen LogP contribution in [0, 0.1) is 12.3 Å². The number of benzene rings is 1. The zero-order valence-corrected chi connectivity index (χ0v) is 15.0. The van der Waals surface area contributed by atoms with Crippen LogP contribution in [0.3, 0.4) is 0 Å². The van der Waals surface area contributed by atoms with Crippen LogP contribution in [-0.4, -0.2) is 47.3 Å². The standard InChI is InChI=1S/C20H26N4O2/c1-2-3-11-20(22-23-20)12-13-21-19(26)18(16-7-5-4-6-8-16)24-14-9-17(25)10-15-24/h1,4-8,17-18,25H,3,9-15H2,(H,21,26). The molecule has 6 heteroatoms. The Balaban J connectivity index is 1.59. The Morgan fingerprint density at radius 1 is 1.31 bits per heavy atom. The number of terminal acetylenes is 1. The normalized spacial score (nSPS) is 20.3. The molecule has 0 radical (unpaired) electrons. The Bertz CT molecular complexity index is 669. The molecule has 0 aromatic heterocycles. The highest BCUT2D eigenvalue weighted by Crippen LogP contribution is 2.36. The maximum absolute atomic E-state index is 12.9. The lowest BCUT2D eigenvalue weighted by Gasteiger charge is -2.35. The van der Waals surface area contributed by atoms with E-state index in [4.69, 9.17) is 6.42 Å². The van der Waals surface area contributed by atoms with Gasteiger partial charge in [0.15, 0.2) is 5.66 Å². The maximum Gasteiger partial charge on any atom is 0.241 e. The monoisotopic (exact) mass is 354 g/mol. The number of aliphatic hydroxyl groups excluding tert-OH is 1. The fourth-order valence-electron chi connectivity index (χ4n) is 3.46. The van der Waals surface area contributed by atoms with E-state index in [0.717, 1.165) is 12.0 Å². The van der Waals surface area contributed by atoms with Crippen molar-refractivity contribution in [3.8, 4) is 12.3 Å². The van der Waals surface area contributed by atoms with E-state index in [1.807, 2.05) is 30.3 Å². The quantitative estimate of drug-likeness (QED) is 0.703. The molecule has 6 nitrogen and oxygen atoms in total. The minimum atomic E-state index is -0.378. The number of nitrogens with one attached hydrogen (secondary N) is 1. The molecule has 0 bridgehead atoms. The number of aliphatic hydroxyl groups is 1. The topological polar surface area (TPSA) is 77.3 Å². The van der Waals surface area contributed by atoms with E-state index in [-0.39, 0.29) is 23.7 Å². The first-order valence-corrected chi connectivity index (χ1v) is 9.26. The van der Waals surface area contributed by atoms with Gasteiger partial charge in [-0.2, -0.15) is 10.2 Å². The molecule has 2 N–H and O–H groups in total. The molecule has 26 heavy (non-hydrogen) atoms. The first kappa shape index (κ1) is 18.6. The van der Waals surface area contributed by atoms with Gasteiger partial charge in [-0.15, -0.1) is 12.3 Å². The molecule has 2 heterocycles. The van der Waals surface area contributed by atoms with E-state index in [1.165, 1.54) is 0 Å². The largest absolute Gasteiger partial charge is 0.393 e. The molecule has 2 aliphatic heterocycles. The maximum atomic E-state index is 12.9. The zero-order valence-electron chi connectivity index (χ0n) is 15.0. The van der Waals surface area contributed by atoms with Crippen LogP contribution in [0.2, 0.25) is 0 Å². The van der Waals surface area contributed by atoms with Gasteiger partial charge in [0.25, 0.3) is 0 Å². The Labute approximate surface area is 154 Å². The molecule has 0 aliphatic carbocycles. The van der Waals surface area contributed by atoms with Crippen molar-refractivity contribution in [3.63, 3.8) is 0 Å². The van der Waals surface area contributed by atoms with Crippen molar-refractivity contribution in [2.24, 2.45) is 10.2 Å². The smallest absolute Gasteiger partial charge is 0.241 e. The van der Waals surface area contributed by atoms with Gasteiger partial charge >= 0.3 is 0 Å². The van der Waals surface area contributed by atoms with Gasteiger partial charge in [0.2, 0.25) is 5.91 Å². The van der Waals surface area contributed by atoms with Gasteiger partial charge in [-0.3, -0.25) is 9.69 Å². The van der Waals surface area contributed by atoms with Crippen LogP contribution in [0.15, 0.2) is 40.6 Å². The number of piperidine rings is 1. The first-order valence-electron chi connectivity index (χ1n) is 9.26. The molecule has 2 aliphatic rings. The summed E-state index contributed by atoms with van der Waals surface area (Å²) in [5.74, 6) is 2.60. The van der Waals surface area contributed by atoms with Crippen LogP contribution in [0.1, 0.15) is 43.7 Å². The second-order valence-corrected chi connectivity index (χ2v) is 7.01. The van der Waals surface area contributed by atoms with Crippen molar-refractivity contribution in [2.75, 3.05) is 19.6 Å². The van der Waals surface area contributed by atoms with Gasteiger partial charge in [-0.25, -0.2) is 0 Å². The summed E-state index contributed by atoms with van der Waals surface area (Å²) in [6.45, 7) is 1.95. The number of rotatable bonds is 8. The first-order chi connectivity index (χ1) is 12.6. The predicted octanol–water partition coefficient (Wildman–Crippen LogP) is 2.27. The highest BCUT2D eigenvalue weighted by atomic mass is 16.3. The van der Waals surface area contributed by atoms with Crippen molar-refractivity contribution in [1.82, 2.24) is 10.2 Å². The number of hydrogen-bond acceptors (Lipinski definition) is 5. The zero-order chi connectivity index (χ0) is 18.4. The summed E-state index contributed by atoms with van der Waals surface area (Å²) in [7, 11) is 0. The van der Waals surface area contributed by atoms with Gasteiger partial charge in [0, 0.05) is 38.9 Å². The van der Waals surface area contributed by atoms with Crippen LogP contribution in [-0.2, 0) is 4.79 Å². The molecule has 0 saturated carbocycles. The molecule has 1 fully saturated rings. The highest BCUT2D eigenvalue weighted by molar-refractivity contribution is 5.83. The van der Waals surface area contributed by atoms with E-state index in [0.29, 0.717) is 45.3 Å². The molecule has 138 valence electrons. The van der Waals surface area contributed by atoms with E-state index >= 15 is 0 Å². The number of likely N-dealkylation sites (tertiary alicyclic amines) is 1. The SMILES string of the molecule is C#CCCC1(CCNC(=O)C(c2ccccc2)N2CCC(O)CC2)N=N1. The van der Waals surface area contributed by atoms with Crippen molar-refractivity contribution in [1.29, 1.82) is 0 Å². The number of nitrogens with zero attached hydrogens (tertiary/aromatic N) is 3. The highest BCUT2D eigenvalue weighted by Gasteiger charge is 2.39. The van der Waals surface area contributed by atoms with Crippen LogP contribution < -0.4 is 5.32 Å². The number of carbonyl (C=O) groups is 1. The van der Waals surface area contributed by atoms with Gasteiger partial charge < -0.3 is 10.4 Å². The van der Waals surface area contributed by atoms with E-state index in [9.17, 15) is 9.90 Å². The Morgan fingerprint density at radius 2 is 2.00 bits per heavy atom. The fraction of sp³-hybridized carbons (Fsp3) is 0.550. The van der Waals surface area contributed by atoms with Crippen LogP contribution in [0.5, 0.6) is 0 Å². The summed E-state index contributed by atoms with van der Waals surface area (Å²) in [6.07, 6.45) is 8.51. The molecular weight excluding hydrogens is 328 g/mol. The molecule has 1 amide bonds. The van der Waals surface area contributed by atoms with E-state index in [1.54, 1.807) is 0 Å². The molecule has 1 aromatic carbocycles. The summed E-state index contributed by atoms with van der Waals surface area (Å²) >= 11 is 0. The lowest BCUT2D eigenvalue weighted by molar-refractivity contribution is -0.127. The lowest BCUT2D eigenvalue weighted by Crippen LogP contribution is -2.45. The van der Waals surface area contributed by atoms with Crippen LogP contribution in [0.4, 0.5) is 0 Å². The molecule has 1 atom stereocenters. The minimum absolute atomic E-state index is 0.0136. The molecule has 1 unspecified atom stereocenters. The van der Waals surface area contributed by atoms with Gasteiger partial charge in [-0.1, -0.05) is 30.3 Å². The summed E-state index contributed by atoms with van der Waals surface area (Å²) in [4.78, 5) is 15.1. The lowest BCUT2D eigenvalue weighted by atomic mass is 9.99. The van der Waals surface area contributed by atoms with Crippen LogP contribution >= 0.6 is 0 Å². The molecule has 3 rings (SSSR count). The molecule has 1 saturated heterocycles. The third-order valence-electron chi connectivity index (χ3n) is 5.11. The van der Waals surface area contributed by atoms with Crippen molar-refractivity contribution >= 4 is 5.91 Å². The van der Waals surface area contributed by atoms with Crippen molar-refractivity contribution in [2.45, 2.75) is 49.9 Å². The van der Waals surface area contributed by atoms with E-state index < -0.39 is 0 Å². The summed E-state index contributed by atoms with van der Waals surface area (Å²) in [5, 5.41) is 21.0. The fourth-order valence-corrected chi connectivity index (χ4v) is 3.46. The molecule has 0 spiro atoms. The van der Waals surface area contributed by atoms with Crippen molar-refractivity contribution < 1.29 is 9.90 Å². The van der Waals surface area contributed by atoms with Crippen LogP contribution in [0.25, 0.3) is 0 Å². The Hall–Kier alpha value is -2.23. The molecular formula is C20H26N4O2. The average Bonchev–Trinajstić information content (AvgIpc) is 3.43. The second-order valence-electron chi connectivity index (χ2n) is 7.01. The van der Waals surface area contributed by atoms with Gasteiger partial charge in [-0.05, 0) is 18.4 Å². The second kappa shape index (κ2) is 8.43. The summed E-state index contributed by atoms with van der Waals surface area (Å²) in [5.41, 5.74) is 0.598. The third kappa shape index (κ3) is 4.69. The number of hydrogen-bond donors (Lipinski definition) is 2. The van der Waals surface area contributed by atoms with Crippen molar-refractivity contribution in [3.05, 3.63) is 35.9 Å². The Kier molecular flexibility index (Phi) is 6.02. The minimum Gasteiger partial charge on any atom is -0.393 e. The summed E-state index contributed by atoms with van der Waals surface area (Å²) in [6, 6.07) is 9.48. The molecule has 1 aromatic rings. The Morgan fingerprint density at radius 3 is 2.62 bits per heavy atom. The third-order valence-corrected chi connectivity index (χ3v) is 5.11.